The Hall–Kier alpha value is -3.43. The second kappa shape index (κ2) is 10.3. The highest BCUT2D eigenvalue weighted by Crippen LogP contribution is 2.36. The number of carbonyl (C=O) groups is 2. The van der Waals surface area contributed by atoms with Crippen LogP contribution in [-0.2, 0) is 11.3 Å². The molecular formula is C26H35FN6O3. The highest BCUT2D eigenvalue weighted by molar-refractivity contribution is 5.98. The smallest absolute Gasteiger partial charge is 0.273 e. The summed E-state index contributed by atoms with van der Waals surface area (Å²) in [7, 11) is 1.90. The van der Waals surface area contributed by atoms with E-state index in [4.69, 9.17) is 14.7 Å². The first-order chi connectivity index (χ1) is 17.1. The zero-order valence-corrected chi connectivity index (χ0v) is 21.9. The largest absolute Gasteiger partial charge is 0.491 e. The highest BCUT2D eigenvalue weighted by Gasteiger charge is 2.36. The maximum Gasteiger partial charge on any atom is 0.273 e. The Labute approximate surface area is 211 Å². The summed E-state index contributed by atoms with van der Waals surface area (Å²) in [6.07, 6.45) is 0. The van der Waals surface area contributed by atoms with E-state index in [2.05, 4.69) is 0 Å². The van der Waals surface area contributed by atoms with E-state index < -0.39 is 5.82 Å². The van der Waals surface area contributed by atoms with E-state index in [9.17, 15) is 14.0 Å². The van der Waals surface area contributed by atoms with Crippen molar-refractivity contribution in [3.05, 3.63) is 40.8 Å². The van der Waals surface area contributed by atoms with Gasteiger partial charge in [0.05, 0.1) is 19.2 Å². The molecule has 0 spiro atoms. The number of anilines is 2. The third-order valence-corrected chi connectivity index (χ3v) is 7.05. The summed E-state index contributed by atoms with van der Waals surface area (Å²) in [5.74, 6) is 0.881. The van der Waals surface area contributed by atoms with E-state index in [-0.39, 0.29) is 29.6 Å². The minimum Gasteiger partial charge on any atom is -0.491 e. The molecule has 0 aliphatic carbocycles. The SMILES string of the molecule is CCOc1ccc(C(C)N(C)c2nc(N3CCN(C(C)=O)CC3)nc3c2CN(C(C)C)C3=O)cc1F. The van der Waals surface area contributed by atoms with Gasteiger partial charge in [0.15, 0.2) is 11.6 Å². The number of benzene rings is 1. The molecule has 1 fully saturated rings. The molecule has 0 saturated carbocycles. The fourth-order valence-corrected chi connectivity index (χ4v) is 4.69. The number of hydrogen-bond donors (Lipinski definition) is 0. The topological polar surface area (TPSA) is 82.1 Å². The van der Waals surface area contributed by atoms with Crippen LogP contribution in [0.25, 0.3) is 0 Å². The number of aromatic nitrogens is 2. The van der Waals surface area contributed by atoms with Gasteiger partial charge >= 0.3 is 0 Å². The molecule has 0 bridgehead atoms. The number of piperazine rings is 1. The molecular weight excluding hydrogens is 463 g/mol. The van der Waals surface area contributed by atoms with E-state index in [1.54, 1.807) is 22.8 Å². The van der Waals surface area contributed by atoms with Crippen LogP contribution in [0.15, 0.2) is 18.2 Å². The molecule has 3 heterocycles. The molecule has 36 heavy (non-hydrogen) atoms. The standard InChI is InChI=1S/C26H35FN6O3/c1-7-36-22-9-8-19(14-21(22)27)17(4)30(6)24-20-15-33(16(2)3)25(35)23(20)28-26(29-24)32-12-10-31(11-13-32)18(5)34/h8-9,14,16-17H,7,10-13,15H2,1-6H3. The Morgan fingerprint density at radius 1 is 1.17 bits per heavy atom. The maximum atomic E-state index is 14.6. The van der Waals surface area contributed by atoms with Gasteiger partial charge < -0.3 is 24.3 Å². The number of fused-ring (bicyclic) bond motifs is 1. The van der Waals surface area contributed by atoms with Crippen LogP contribution in [0.1, 0.15) is 62.3 Å². The Bertz CT molecular complexity index is 1150. The maximum absolute atomic E-state index is 14.6. The van der Waals surface area contributed by atoms with Crippen molar-refractivity contribution < 1.29 is 18.7 Å². The van der Waals surface area contributed by atoms with Crippen LogP contribution in [0.4, 0.5) is 16.2 Å². The molecule has 2 aliphatic heterocycles. The van der Waals surface area contributed by atoms with Gasteiger partial charge in [-0.1, -0.05) is 6.07 Å². The van der Waals surface area contributed by atoms with Gasteiger partial charge in [-0.3, -0.25) is 9.59 Å². The third kappa shape index (κ3) is 4.81. The summed E-state index contributed by atoms with van der Waals surface area (Å²) in [5, 5.41) is 0. The van der Waals surface area contributed by atoms with Crippen LogP contribution in [0.5, 0.6) is 5.75 Å². The van der Waals surface area contributed by atoms with Crippen molar-refractivity contribution in [3.8, 4) is 5.75 Å². The minimum atomic E-state index is -0.410. The van der Waals surface area contributed by atoms with Crippen molar-refractivity contribution in [3.63, 3.8) is 0 Å². The molecule has 0 radical (unpaired) electrons. The highest BCUT2D eigenvalue weighted by atomic mass is 19.1. The Balaban J connectivity index is 1.70. The fraction of sp³-hybridized carbons (Fsp3) is 0.538. The molecule has 194 valence electrons. The quantitative estimate of drug-likeness (QED) is 0.580. The summed E-state index contributed by atoms with van der Waals surface area (Å²) in [5.41, 5.74) is 1.96. The predicted octanol–water partition coefficient (Wildman–Crippen LogP) is 3.24. The average Bonchev–Trinajstić information content (AvgIpc) is 3.20. The molecule has 9 nitrogen and oxygen atoms in total. The van der Waals surface area contributed by atoms with Crippen LogP contribution in [0.3, 0.4) is 0 Å². The zero-order valence-electron chi connectivity index (χ0n) is 21.9. The number of carbonyl (C=O) groups excluding carboxylic acids is 2. The molecule has 1 aromatic heterocycles. The van der Waals surface area contributed by atoms with Crippen LogP contribution < -0.4 is 14.5 Å². The molecule has 0 N–H and O–H groups in total. The number of hydrogen-bond acceptors (Lipinski definition) is 7. The van der Waals surface area contributed by atoms with Crippen LogP contribution in [0, 0.1) is 5.82 Å². The van der Waals surface area contributed by atoms with Gasteiger partial charge in [0.25, 0.3) is 5.91 Å². The van der Waals surface area contributed by atoms with Gasteiger partial charge in [-0.2, -0.15) is 4.98 Å². The molecule has 10 heteroatoms. The lowest BCUT2D eigenvalue weighted by Gasteiger charge is -2.35. The lowest BCUT2D eigenvalue weighted by atomic mass is 10.1. The number of nitrogens with zero attached hydrogens (tertiary/aromatic N) is 6. The van der Waals surface area contributed by atoms with E-state index >= 15 is 0 Å². The molecule has 2 aliphatic rings. The Kier molecular flexibility index (Phi) is 7.33. The van der Waals surface area contributed by atoms with Crippen molar-refractivity contribution in [2.45, 2.75) is 53.2 Å². The second-order valence-electron chi connectivity index (χ2n) is 9.60. The molecule has 4 rings (SSSR count). The molecule has 1 unspecified atom stereocenters. The van der Waals surface area contributed by atoms with Gasteiger partial charge in [0, 0.05) is 51.8 Å². The van der Waals surface area contributed by atoms with Crippen LogP contribution in [-0.4, -0.2) is 77.5 Å². The molecule has 2 aromatic rings. The van der Waals surface area contributed by atoms with Crippen molar-refractivity contribution in [1.29, 1.82) is 0 Å². The van der Waals surface area contributed by atoms with Crippen LogP contribution in [0.2, 0.25) is 0 Å². The third-order valence-electron chi connectivity index (χ3n) is 7.05. The number of halogens is 1. The monoisotopic (exact) mass is 498 g/mol. The summed E-state index contributed by atoms with van der Waals surface area (Å²) in [6.45, 7) is 12.5. The van der Waals surface area contributed by atoms with Crippen molar-refractivity contribution in [2.24, 2.45) is 0 Å². The zero-order chi connectivity index (χ0) is 26.1. The van der Waals surface area contributed by atoms with Crippen molar-refractivity contribution in [1.82, 2.24) is 19.8 Å². The first-order valence-corrected chi connectivity index (χ1v) is 12.5. The molecule has 1 atom stereocenters. The van der Waals surface area contributed by atoms with Gasteiger partial charge in [0.2, 0.25) is 11.9 Å². The summed E-state index contributed by atoms with van der Waals surface area (Å²) < 4.78 is 20.0. The Morgan fingerprint density at radius 2 is 1.86 bits per heavy atom. The summed E-state index contributed by atoms with van der Waals surface area (Å²) in [4.78, 5) is 42.2. The van der Waals surface area contributed by atoms with E-state index in [1.165, 1.54) is 6.07 Å². The first-order valence-electron chi connectivity index (χ1n) is 12.5. The second-order valence-corrected chi connectivity index (χ2v) is 9.60. The number of amides is 2. The van der Waals surface area contributed by atoms with Gasteiger partial charge in [-0.15, -0.1) is 0 Å². The number of rotatable bonds is 7. The van der Waals surface area contributed by atoms with E-state index in [0.29, 0.717) is 56.8 Å². The van der Waals surface area contributed by atoms with Gasteiger partial charge in [-0.05, 0) is 45.4 Å². The summed E-state index contributed by atoms with van der Waals surface area (Å²) in [6, 6.07) is 4.78. The lowest BCUT2D eigenvalue weighted by Crippen LogP contribution is -2.48. The van der Waals surface area contributed by atoms with E-state index in [1.807, 2.05) is 50.6 Å². The fourth-order valence-electron chi connectivity index (χ4n) is 4.69. The normalized spacial score (nSPS) is 16.4. The van der Waals surface area contributed by atoms with Crippen molar-refractivity contribution >= 4 is 23.6 Å². The first kappa shape index (κ1) is 25.7. The predicted molar refractivity (Wildman–Crippen MR) is 136 cm³/mol. The average molecular weight is 499 g/mol. The molecule has 2 amide bonds. The minimum absolute atomic E-state index is 0.0186. The van der Waals surface area contributed by atoms with Gasteiger partial charge in [0.1, 0.15) is 11.5 Å². The molecule has 1 saturated heterocycles. The summed E-state index contributed by atoms with van der Waals surface area (Å²) >= 11 is 0. The van der Waals surface area contributed by atoms with Gasteiger partial charge in [-0.25, -0.2) is 9.37 Å². The van der Waals surface area contributed by atoms with Crippen molar-refractivity contribution in [2.75, 3.05) is 49.6 Å². The Morgan fingerprint density at radius 3 is 2.44 bits per heavy atom. The lowest BCUT2D eigenvalue weighted by molar-refractivity contribution is -0.129. The number of ether oxygens (including phenoxy) is 1. The molecule has 1 aromatic carbocycles. The van der Waals surface area contributed by atoms with Crippen LogP contribution >= 0.6 is 0 Å². The van der Waals surface area contributed by atoms with E-state index in [0.717, 1.165) is 11.1 Å².